The average Bonchev–Trinajstić information content (AvgIpc) is 3.31. The molecule has 0 aromatic rings. The van der Waals surface area contributed by atoms with Crippen LogP contribution in [0.25, 0.3) is 0 Å². The van der Waals surface area contributed by atoms with Crippen molar-refractivity contribution in [3.8, 4) is 0 Å². The molecule has 0 heterocycles. The summed E-state index contributed by atoms with van der Waals surface area (Å²) < 4.78 is 23.6. The van der Waals surface area contributed by atoms with Crippen LogP contribution in [-0.2, 0) is 18.4 Å². The van der Waals surface area contributed by atoms with Gasteiger partial charge in [-0.15, -0.1) is 0 Å². The fraction of sp³-hybridized carbons (Fsp3) is 0.750. The Hall–Kier alpha value is -2.32. The van der Waals surface area contributed by atoms with E-state index in [-0.39, 0.29) is 19.1 Å². The number of rotatable bonds is 51. The third kappa shape index (κ3) is 53.3. The van der Waals surface area contributed by atoms with Crippen LogP contribution >= 0.6 is 7.82 Å². The van der Waals surface area contributed by atoms with Crippen LogP contribution in [0.4, 0.5) is 0 Å². The van der Waals surface area contributed by atoms with E-state index < -0.39 is 20.0 Å². The van der Waals surface area contributed by atoms with E-state index in [2.05, 4.69) is 92.1 Å². The SMILES string of the molecule is CC/C=C\C/C=C\C/C=C\C/C=C\CCCCCCCCCCCCCCCCCCCCCCC(=O)NC(COP(=O)(O)OCC[N+](C)(C)C)C(O)/C=C/CC/C=C/CC/C=C/CCCCCC. The largest absolute Gasteiger partial charge is 0.472 e. The summed E-state index contributed by atoms with van der Waals surface area (Å²) in [5, 5.41) is 13.9. The van der Waals surface area contributed by atoms with Gasteiger partial charge in [-0.25, -0.2) is 4.57 Å². The molecule has 3 atom stereocenters. The first kappa shape index (κ1) is 66.7. The van der Waals surface area contributed by atoms with Crippen molar-refractivity contribution < 1.29 is 32.9 Å². The van der Waals surface area contributed by atoms with Crippen LogP contribution in [0.2, 0.25) is 0 Å². The van der Waals surface area contributed by atoms with Gasteiger partial charge in [0, 0.05) is 6.42 Å². The summed E-state index contributed by atoms with van der Waals surface area (Å²) in [6.45, 7) is 4.65. The van der Waals surface area contributed by atoms with E-state index in [0.717, 1.165) is 70.6 Å². The molecule has 69 heavy (non-hydrogen) atoms. The van der Waals surface area contributed by atoms with Crippen molar-refractivity contribution in [3.63, 3.8) is 0 Å². The summed E-state index contributed by atoms with van der Waals surface area (Å²) in [7, 11) is 1.54. The van der Waals surface area contributed by atoms with Crippen molar-refractivity contribution in [2.75, 3.05) is 40.9 Å². The number of phosphoric ester groups is 1. The van der Waals surface area contributed by atoms with Gasteiger partial charge in [-0.05, 0) is 83.5 Å². The molecule has 400 valence electrons. The van der Waals surface area contributed by atoms with Crippen molar-refractivity contribution in [3.05, 3.63) is 85.1 Å². The van der Waals surface area contributed by atoms with E-state index in [4.69, 9.17) is 9.05 Å². The van der Waals surface area contributed by atoms with Crippen LogP contribution in [0, 0.1) is 0 Å². The summed E-state index contributed by atoms with van der Waals surface area (Å²) >= 11 is 0. The minimum Gasteiger partial charge on any atom is -0.387 e. The molecule has 1 amide bonds. The zero-order valence-corrected chi connectivity index (χ0v) is 46.4. The second kappa shape index (κ2) is 50.6. The van der Waals surface area contributed by atoms with Gasteiger partial charge in [-0.3, -0.25) is 13.8 Å². The molecule has 0 aliphatic rings. The number of hydrogen-bond donors (Lipinski definition) is 3. The molecule has 0 saturated heterocycles. The number of hydrogen-bond acceptors (Lipinski definition) is 5. The second-order valence-electron chi connectivity index (χ2n) is 20.3. The highest BCUT2D eigenvalue weighted by Crippen LogP contribution is 2.43. The first-order chi connectivity index (χ1) is 33.5. The highest BCUT2D eigenvalue weighted by atomic mass is 31.2. The number of nitrogens with zero attached hydrogens (tertiary/aromatic N) is 1. The predicted octanol–water partition coefficient (Wildman–Crippen LogP) is 17.3. The molecule has 3 unspecified atom stereocenters. The summed E-state index contributed by atoms with van der Waals surface area (Å²) in [6.07, 6.45) is 71.3. The average molecular weight is 987 g/mol. The maximum absolute atomic E-state index is 13.0. The molecule has 0 saturated carbocycles. The smallest absolute Gasteiger partial charge is 0.387 e. The number of aliphatic hydroxyl groups is 1. The summed E-state index contributed by atoms with van der Waals surface area (Å²) in [6, 6.07) is -0.871. The standard InChI is InChI=1S/C60H109N2O6P/c1-6-8-10-12-14-16-18-20-22-23-24-25-26-27-28-29-30-31-32-33-34-35-36-37-38-39-40-42-44-46-48-50-52-54-60(64)61-58(57-68-69(65,66)67-56-55-62(3,4)5)59(63)53-51-49-47-45-43-41-21-19-17-15-13-11-9-7-2/h8,10,14,16-17,19-20,22,24-25,43,45,51,53,58-59,63H,6-7,9,11-13,15,18,21,23,26-42,44,46-50,52,54-57H2,1-5H3,(H-,61,64,65,66)/p+1/b10-8-,16-14-,19-17+,22-20-,25-24-,45-43+,53-51+. The lowest BCUT2D eigenvalue weighted by Crippen LogP contribution is -2.45. The molecule has 0 aromatic carbocycles. The van der Waals surface area contributed by atoms with Crippen molar-refractivity contribution in [1.29, 1.82) is 0 Å². The molecule has 0 bridgehead atoms. The van der Waals surface area contributed by atoms with Crippen molar-refractivity contribution in [2.45, 2.75) is 251 Å². The molecule has 0 aromatic heterocycles. The third-order valence-electron chi connectivity index (χ3n) is 12.3. The van der Waals surface area contributed by atoms with Crippen LogP contribution in [0.1, 0.15) is 239 Å². The van der Waals surface area contributed by atoms with Crippen molar-refractivity contribution in [1.82, 2.24) is 5.32 Å². The molecular formula is C60H110N2O6P+. The van der Waals surface area contributed by atoms with Crippen LogP contribution in [0.5, 0.6) is 0 Å². The Morgan fingerprint density at radius 2 is 0.884 bits per heavy atom. The van der Waals surface area contributed by atoms with E-state index in [1.165, 1.54) is 148 Å². The van der Waals surface area contributed by atoms with E-state index in [1.54, 1.807) is 6.08 Å². The van der Waals surface area contributed by atoms with Crippen LogP contribution < -0.4 is 5.32 Å². The molecule has 0 spiro atoms. The van der Waals surface area contributed by atoms with Gasteiger partial charge in [0.05, 0.1) is 39.9 Å². The topological polar surface area (TPSA) is 105 Å². The Balaban J connectivity index is 4.07. The first-order valence-electron chi connectivity index (χ1n) is 28.5. The minimum atomic E-state index is -4.36. The zero-order chi connectivity index (χ0) is 50.6. The Labute approximate surface area is 426 Å². The number of likely N-dealkylation sites (N-methyl/N-ethyl adjacent to an activating group) is 1. The van der Waals surface area contributed by atoms with Crippen molar-refractivity contribution in [2.24, 2.45) is 0 Å². The molecule has 0 radical (unpaired) electrons. The van der Waals surface area contributed by atoms with Gasteiger partial charge in [0.1, 0.15) is 13.2 Å². The van der Waals surface area contributed by atoms with Gasteiger partial charge in [0.25, 0.3) is 0 Å². The molecule has 0 aliphatic heterocycles. The Morgan fingerprint density at radius 1 is 0.507 bits per heavy atom. The maximum atomic E-state index is 13.0. The Morgan fingerprint density at radius 3 is 1.33 bits per heavy atom. The predicted molar refractivity (Wildman–Crippen MR) is 299 cm³/mol. The highest BCUT2D eigenvalue weighted by molar-refractivity contribution is 7.47. The zero-order valence-electron chi connectivity index (χ0n) is 45.5. The molecule has 9 heteroatoms. The number of unbranched alkanes of at least 4 members (excludes halogenated alkanes) is 26. The number of carbonyl (C=O) groups excluding carboxylic acids is 1. The molecule has 0 rings (SSSR count). The fourth-order valence-electron chi connectivity index (χ4n) is 7.89. The quantitative estimate of drug-likeness (QED) is 0.0243. The van der Waals surface area contributed by atoms with Gasteiger partial charge in [-0.1, -0.05) is 234 Å². The normalized spacial score (nSPS) is 14.6. The number of carbonyl (C=O) groups is 1. The number of nitrogens with one attached hydrogen (secondary N) is 1. The van der Waals surface area contributed by atoms with Crippen LogP contribution in [0.15, 0.2) is 85.1 Å². The van der Waals surface area contributed by atoms with Gasteiger partial charge in [-0.2, -0.15) is 0 Å². The van der Waals surface area contributed by atoms with Gasteiger partial charge >= 0.3 is 7.82 Å². The van der Waals surface area contributed by atoms with E-state index >= 15 is 0 Å². The molecule has 0 aliphatic carbocycles. The first-order valence-corrected chi connectivity index (χ1v) is 30.0. The highest BCUT2D eigenvalue weighted by Gasteiger charge is 2.27. The summed E-state index contributed by atoms with van der Waals surface area (Å²) in [5.74, 6) is -0.192. The van der Waals surface area contributed by atoms with Crippen molar-refractivity contribution >= 4 is 13.7 Å². The van der Waals surface area contributed by atoms with Gasteiger partial charge in [0.15, 0.2) is 0 Å². The lowest BCUT2D eigenvalue weighted by atomic mass is 10.0. The van der Waals surface area contributed by atoms with Crippen LogP contribution in [0.3, 0.4) is 0 Å². The Kier molecular flexibility index (Phi) is 48.9. The molecule has 0 fully saturated rings. The van der Waals surface area contributed by atoms with Gasteiger partial charge < -0.3 is 19.8 Å². The summed E-state index contributed by atoms with van der Waals surface area (Å²) in [4.78, 5) is 23.2. The summed E-state index contributed by atoms with van der Waals surface area (Å²) in [5.41, 5.74) is 0. The van der Waals surface area contributed by atoms with E-state index in [9.17, 15) is 19.4 Å². The third-order valence-corrected chi connectivity index (χ3v) is 13.3. The minimum absolute atomic E-state index is 0.0517. The maximum Gasteiger partial charge on any atom is 0.472 e. The molecule has 3 N–H and O–H groups in total. The number of amides is 1. The number of quaternary nitrogens is 1. The lowest BCUT2D eigenvalue weighted by molar-refractivity contribution is -0.870. The monoisotopic (exact) mass is 986 g/mol. The molecule has 8 nitrogen and oxygen atoms in total. The molecular weight excluding hydrogens is 876 g/mol. The fourth-order valence-corrected chi connectivity index (χ4v) is 8.62. The van der Waals surface area contributed by atoms with Gasteiger partial charge in [0.2, 0.25) is 5.91 Å². The van der Waals surface area contributed by atoms with Crippen LogP contribution in [-0.4, -0.2) is 73.4 Å². The number of allylic oxidation sites excluding steroid dienone is 13. The van der Waals surface area contributed by atoms with E-state index in [1.807, 2.05) is 27.2 Å². The number of aliphatic hydroxyl groups excluding tert-OH is 1. The number of phosphoric acid groups is 1. The lowest BCUT2D eigenvalue weighted by Gasteiger charge is -2.25. The second-order valence-corrected chi connectivity index (χ2v) is 21.7. The van der Waals surface area contributed by atoms with E-state index in [0.29, 0.717) is 17.4 Å². The Bertz CT molecular complexity index is 1400.